The van der Waals surface area contributed by atoms with E-state index >= 15 is 0 Å². The summed E-state index contributed by atoms with van der Waals surface area (Å²) < 4.78 is 1.70. The zero-order chi connectivity index (χ0) is 12.4. The van der Waals surface area contributed by atoms with E-state index in [1.165, 1.54) is 6.33 Å². The standard InChI is InChI=1S/C11H16ClN5/c1-7(12)4-8(2)15-10-5-9(3)16-11-13-6-14-17(10)11/h5-8,15H,4H2,1-3H3. The number of hydrogen-bond donors (Lipinski definition) is 1. The summed E-state index contributed by atoms with van der Waals surface area (Å²) >= 11 is 5.98. The quantitative estimate of drug-likeness (QED) is 0.850. The average Bonchev–Trinajstić information content (AvgIpc) is 2.63. The lowest BCUT2D eigenvalue weighted by Gasteiger charge is -2.16. The maximum absolute atomic E-state index is 5.98. The summed E-state index contributed by atoms with van der Waals surface area (Å²) in [6, 6.07) is 2.23. The summed E-state index contributed by atoms with van der Waals surface area (Å²) in [5, 5.41) is 7.66. The van der Waals surface area contributed by atoms with E-state index in [1.807, 2.05) is 19.9 Å². The van der Waals surface area contributed by atoms with Gasteiger partial charge in [0.05, 0.1) is 0 Å². The molecule has 0 aliphatic heterocycles. The summed E-state index contributed by atoms with van der Waals surface area (Å²) in [5.74, 6) is 1.51. The van der Waals surface area contributed by atoms with Crippen molar-refractivity contribution in [3.8, 4) is 0 Å². The lowest BCUT2D eigenvalue weighted by atomic mass is 10.2. The molecule has 0 saturated carbocycles. The van der Waals surface area contributed by atoms with Gasteiger partial charge in [0, 0.05) is 23.2 Å². The van der Waals surface area contributed by atoms with Crippen LogP contribution in [0.3, 0.4) is 0 Å². The lowest BCUT2D eigenvalue weighted by molar-refractivity contribution is 0.688. The second kappa shape index (κ2) is 4.87. The van der Waals surface area contributed by atoms with Crippen molar-refractivity contribution in [2.75, 3.05) is 5.32 Å². The van der Waals surface area contributed by atoms with Crippen molar-refractivity contribution >= 4 is 23.2 Å². The molecule has 0 bridgehead atoms. The number of halogens is 1. The molecule has 2 heterocycles. The van der Waals surface area contributed by atoms with Crippen LogP contribution in [0, 0.1) is 6.92 Å². The molecule has 0 aliphatic carbocycles. The lowest BCUT2D eigenvalue weighted by Crippen LogP contribution is -2.20. The Bertz CT molecular complexity index is 508. The first-order chi connectivity index (χ1) is 8.06. The van der Waals surface area contributed by atoms with Crippen molar-refractivity contribution in [2.24, 2.45) is 0 Å². The topological polar surface area (TPSA) is 55.1 Å². The van der Waals surface area contributed by atoms with E-state index in [9.17, 15) is 0 Å². The molecule has 2 atom stereocenters. The van der Waals surface area contributed by atoms with Gasteiger partial charge in [-0.05, 0) is 27.2 Å². The van der Waals surface area contributed by atoms with E-state index in [0.29, 0.717) is 5.78 Å². The highest BCUT2D eigenvalue weighted by Crippen LogP contribution is 2.14. The van der Waals surface area contributed by atoms with E-state index in [1.54, 1.807) is 4.52 Å². The van der Waals surface area contributed by atoms with Gasteiger partial charge in [-0.15, -0.1) is 11.6 Å². The Morgan fingerprint density at radius 2 is 2.24 bits per heavy atom. The van der Waals surface area contributed by atoms with Gasteiger partial charge >= 0.3 is 0 Å². The van der Waals surface area contributed by atoms with Crippen molar-refractivity contribution in [1.82, 2.24) is 19.6 Å². The first-order valence-corrected chi connectivity index (χ1v) is 6.08. The summed E-state index contributed by atoms with van der Waals surface area (Å²) in [4.78, 5) is 8.37. The predicted octanol–water partition coefficient (Wildman–Crippen LogP) is 2.25. The van der Waals surface area contributed by atoms with Gasteiger partial charge in [-0.3, -0.25) is 0 Å². The largest absolute Gasteiger partial charge is 0.367 e. The Morgan fingerprint density at radius 1 is 1.47 bits per heavy atom. The molecule has 92 valence electrons. The molecule has 2 aromatic rings. The Labute approximate surface area is 105 Å². The number of anilines is 1. The van der Waals surface area contributed by atoms with Crippen LogP contribution in [0.1, 0.15) is 26.0 Å². The first-order valence-electron chi connectivity index (χ1n) is 5.64. The highest BCUT2D eigenvalue weighted by molar-refractivity contribution is 6.20. The van der Waals surface area contributed by atoms with Crippen molar-refractivity contribution < 1.29 is 0 Å². The molecule has 2 aromatic heterocycles. The fourth-order valence-electron chi connectivity index (χ4n) is 1.83. The smallest absolute Gasteiger partial charge is 0.254 e. The molecule has 1 N–H and O–H groups in total. The van der Waals surface area contributed by atoms with Gasteiger partial charge in [-0.2, -0.15) is 14.6 Å². The van der Waals surface area contributed by atoms with E-state index in [2.05, 4.69) is 27.3 Å². The summed E-state index contributed by atoms with van der Waals surface area (Å²) in [7, 11) is 0. The molecule has 2 unspecified atom stereocenters. The molecule has 2 rings (SSSR count). The molecule has 0 saturated heterocycles. The number of alkyl halides is 1. The summed E-state index contributed by atoms with van der Waals surface area (Å²) in [5.41, 5.74) is 0.916. The summed E-state index contributed by atoms with van der Waals surface area (Å²) in [6.45, 7) is 6.02. The van der Waals surface area contributed by atoms with Crippen LogP contribution in [0.15, 0.2) is 12.4 Å². The Morgan fingerprint density at radius 3 is 2.94 bits per heavy atom. The molecular weight excluding hydrogens is 238 g/mol. The number of hydrogen-bond acceptors (Lipinski definition) is 4. The maximum atomic E-state index is 5.98. The van der Waals surface area contributed by atoms with Gasteiger partial charge in [0.1, 0.15) is 12.1 Å². The van der Waals surface area contributed by atoms with Gasteiger partial charge in [-0.25, -0.2) is 4.98 Å². The van der Waals surface area contributed by atoms with Crippen LogP contribution in [0.4, 0.5) is 5.82 Å². The van der Waals surface area contributed by atoms with E-state index in [0.717, 1.165) is 17.9 Å². The third kappa shape index (κ3) is 2.85. The van der Waals surface area contributed by atoms with Crippen molar-refractivity contribution in [1.29, 1.82) is 0 Å². The molecule has 17 heavy (non-hydrogen) atoms. The van der Waals surface area contributed by atoms with Crippen LogP contribution in [-0.4, -0.2) is 31.0 Å². The molecule has 5 nitrogen and oxygen atoms in total. The second-order valence-electron chi connectivity index (χ2n) is 4.32. The molecule has 0 spiro atoms. The van der Waals surface area contributed by atoms with Crippen LogP contribution >= 0.6 is 11.6 Å². The van der Waals surface area contributed by atoms with Gasteiger partial charge in [0.2, 0.25) is 0 Å². The average molecular weight is 254 g/mol. The number of nitrogens with one attached hydrogen (secondary N) is 1. The van der Waals surface area contributed by atoms with Crippen LogP contribution in [-0.2, 0) is 0 Å². The highest BCUT2D eigenvalue weighted by Gasteiger charge is 2.10. The summed E-state index contributed by atoms with van der Waals surface area (Å²) in [6.07, 6.45) is 2.39. The van der Waals surface area contributed by atoms with E-state index < -0.39 is 0 Å². The fraction of sp³-hybridized carbons (Fsp3) is 0.545. The van der Waals surface area contributed by atoms with Crippen molar-refractivity contribution in [2.45, 2.75) is 38.6 Å². The fourth-order valence-corrected chi connectivity index (χ4v) is 2.10. The van der Waals surface area contributed by atoms with Crippen LogP contribution in [0.25, 0.3) is 5.78 Å². The highest BCUT2D eigenvalue weighted by atomic mass is 35.5. The number of nitrogens with zero attached hydrogens (tertiary/aromatic N) is 4. The zero-order valence-corrected chi connectivity index (χ0v) is 10.9. The Balaban J connectivity index is 2.25. The molecule has 0 aromatic carbocycles. The molecule has 0 aliphatic rings. The number of rotatable bonds is 4. The van der Waals surface area contributed by atoms with Crippen molar-refractivity contribution in [3.05, 3.63) is 18.1 Å². The van der Waals surface area contributed by atoms with E-state index in [-0.39, 0.29) is 11.4 Å². The SMILES string of the molecule is Cc1cc(NC(C)CC(C)Cl)n2ncnc2n1. The van der Waals surface area contributed by atoms with Crippen LogP contribution < -0.4 is 5.32 Å². The van der Waals surface area contributed by atoms with Crippen LogP contribution in [0.5, 0.6) is 0 Å². The Hall–Kier alpha value is -1.36. The predicted molar refractivity (Wildman–Crippen MR) is 68.5 cm³/mol. The third-order valence-corrected chi connectivity index (χ3v) is 2.63. The number of aryl methyl sites for hydroxylation is 1. The van der Waals surface area contributed by atoms with E-state index in [4.69, 9.17) is 11.6 Å². The van der Waals surface area contributed by atoms with Gasteiger partial charge in [-0.1, -0.05) is 0 Å². The monoisotopic (exact) mass is 253 g/mol. The minimum atomic E-state index is 0.145. The van der Waals surface area contributed by atoms with Crippen LogP contribution in [0.2, 0.25) is 0 Å². The maximum Gasteiger partial charge on any atom is 0.254 e. The minimum absolute atomic E-state index is 0.145. The minimum Gasteiger partial charge on any atom is -0.367 e. The number of aromatic nitrogens is 4. The zero-order valence-electron chi connectivity index (χ0n) is 10.2. The second-order valence-corrected chi connectivity index (χ2v) is 5.06. The Kier molecular flexibility index (Phi) is 3.47. The van der Waals surface area contributed by atoms with Gasteiger partial charge < -0.3 is 5.32 Å². The van der Waals surface area contributed by atoms with Gasteiger partial charge in [0.15, 0.2) is 0 Å². The normalized spacial score (nSPS) is 14.8. The molecule has 0 radical (unpaired) electrons. The molecule has 0 amide bonds. The third-order valence-electron chi connectivity index (χ3n) is 2.45. The number of fused-ring (bicyclic) bond motifs is 1. The van der Waals surface area contributed by atoms with Crippen molar-refractivity contribution in [3.63, 3.8) is 0 Å². The molecule has 0 fully saturated rings. The molecular formula is C11H16ClN5. The molecule has 6 heteroatoms. The first kappa shape index (κ1) is 12.1. The van der Waals surface area contributed by atoms with Gasteiger partial charge in [0.25, 0.3) is 5.78 Å².